The largest absolute Gasteiger partial charge is 0.461 e. The van der Waals surface area contributed by atoms with Gasteiger partial charge in [-0.2, -0.15) is 8.78 Å². The fourth-order valence-corrected chi connectivity index (χ4v) is 2.31. The maximum Gasteiger partial charge on any atom is 0.379 e. The van der Waals surface area contributed by atoms with E-state index in [1.54, 1.807) is 0 Å². The minimum Gasteiger partial charge on any atom is -0.461 e. The molecular weight excluding hydrogens is 302 g/mol. The van der Waals surface area contributed by atoms with Crippen molar-refractivity contribution >= 4 is 5.97 Å². The molecule has 136 valence electrons. The number of carbonyl (C=O) groups excluding carboxylic acids is 1. The maximum atomic E-state index is 13.5. The Bertz CT molecular complexity index is 330. The molecule has 0 rings (SSSR count). The fraction of sp³-hybridized carbons (Fsp3) is 0.833. The average Bonchev–Trinajstić information content (AvgIpc) is 2.52. The number of esters is 1. The Morgan fingerprint density at radius 3 is 2.17 bits per heavy atom. The van der Waals surface area contributed by atoms with Crippen LogP contribution in [0.15, 0.2) is 12.2 Å². The minimum atomic E-state index is -3.80. The number of aliphatic hydroxyl groups excluding tert-OH is 1. The lowest BCUT2D eigenvalue weighted by molar-refractivity contribution is -0.188. The standard InChI is InChI=1S/C18H32F2O3/c1-3-5-6-7-8-9-10-11-12-13-14-15-16(21)18(19,20)17(22)23-4-2/h5-6,16,21H,3-4,7-15H2,1-2H3/b6-5+. The van der Waals surface area contributed by atoms with Crippen LogP contribution in [0.25, 0.3) is 0 Å². The number of halogens is 2. The highest BCUT2D eigenvalue weighted by molar-refractivity contribution is 5.78. The second-order valence-corrected chi connectivity index (χ2v) is 5.79. The van der Waals surface area contributed by atoms with E-state index in [4.69, 9.17) is 0 Å². The maximum absolute atomic E-state index is 13.5. The topological polar surface area (TPSA) is 46.5 Å². The van der Waals surface area contributed by atoms with Crippen molar-refractivity contribution in [3.63, 3.8) is 0 Å². The SMILES string of the molecule is CC/C=C/CCCCCCCCCC(O)C(F)(F)C(=O)OCC. The molecule has 0 aliphatic carbocycles. The summed E-state index contributed by atoms with van der Waals surface area (Å²) in [5.74, 6) is -5.44. The molecule has 0 aromatic rings. The highest BCUT2D eigenvalue weighted by Gasteiger charge is 2.47. The molecule has 1 N–H and O–H groups in total. The van der Waals surface area contributed by atoms with Gasteiger partial charge in [-0.1, -0.05) is 57.6 Å². The molecule has 0 bridgehead atoms. The zero-order valence-electron chi connectivity index (χ0n) is 14.5. The zero-order valence-corrected chi connectivity index (χ0v) is 14.5. The lowest BCUT2D eigenvalue weighted by Gasteiger charge is -2.20. The summed E-state index contributed by atoms with van der Waals surface area (Å²) in [6, 6.07) is 0. The van der Waals surface area contributed by atoms with Gasteiger partial charge >= 0.3 is 11.9 Å². The molecule has 0 spiro atoms. The number of alkyl halides is 2. The van der Waals surface area contributed by atoms with Gasteiger partial charge in [0.2, 0.25) is 0 Å². The summed E-state index contributed by atoms with van der Waals surface area (Å²) >= 11 is 0. The van der Waals surface area contributed by atoms with Crippen molar-refractivity contribution < 1.29 is 23.4 Å². The first-order valence-electron chi connectivity index (χ1n) is 8.84. The van der Waals surface area contributed by atoms with Gasteiger partial charge in [-0.25, -0.2) is 4.79 Å². The van der Waals surface area contributed by atoms with Crippen LogP contribution in [0.3, 0.4) is 0 Å². The molecule has 0 saturated heterocycles. The predicted molar refractivity (Wildman–Crippen MR) is 88.6 cm³/mol. The summed E-state index contributed by atoms with van der Waals surface area (Å²) in [7, 11) is 0. The molecule has 0 radical (unpaired) electrons. The van der Waals surface area contributed by atoms with E-state index in [2.05, 4.69) is 23.8 Å². The Hall–Kier alpha value is -0.970. The van der Waals surface area contributed by atoms with Gasteiger partial charge < -0.3 is 9.84 Å². The van der Waals surface area contributed by atoms with Crippen LogP contribution < -0.4 is 0 Å². The van der Waals surface area contributed by atoms with Crippen LogP contribution in [0.5, 0.6) is 0 Å². The van der Waals surface area contributed by atoms with Gasteiger partial charge in [0.25, 0.3) is 0 Å². The molecule has 0 aliphatic heterocycles. The molecule has 0 aromatic heterocycles. The number of rotatable bonds is 14. The minimum absolute atomic E-state index is 0.0758. The Morgan fingerprint density at radius 1 is 1.04 bits per heavy atom. The van der Waals surface area contributed by atoms with E-state index in [1.165, 1.54) is 19.8 Å². The number of carbonyl (C=O) groups is 1. The number of allylic oxidation sites excluding steroid dienone is 2. The molecule has 0 aliphatic rings. The zero-order chi connectivity index (χ0) is 17.6. The Kier molecular flexibility index (Phi) is 12.9. The monoisotopic (exact) mass is 334 g/mol. The molecule has 0 amide bonds. The Morgan fingerprint density at radius 2 is 1.61 bits per heavy atom. The van der Waals surface area contributed by atoms with E-state index in [9.17, 15) is 18.7 Å². The van der Waals surface area contributed by atoms with E-state index in [0.717, 1.165) is 38.5 Å². The van der Waals surface area contributed by atoms with Crippen LogP contribution in [0.4, 0.5) is 8.78 Å². The van der Waals surface area contributed by atoms with Crippen LogP contribution in [0.1, 0.15) is 78.1 Å². The first kappa shape index (κ1) is 22.0. The van der Waals surface area contributed by atoms with Gasteiger partial charge in [0, 0.05) is 0 Å². The second-order valence-electron chi connectivity index (χ2n) is 5.79. The van der Waals surface area contributed by atoms with Gasteiger partial charge in [0.15, 0.2) is 0 Å². The van der Waals surface area contributed by atoms with E-state index < -0.39 is 18.0 Å². The Labute approximate surface area is 139 Å². The van der Waals surface area contributed by atoms with Gasteiger partial charge in [0.05, 0.1) is 6.61 Å². The summed E-state index contributed by atoms with van der Waals surface area (Å²) < 4.78 is 31.2. The third-order valence-corrected chi connectivity index (χ3v) is 3.72. The highest BCUT2D eigenvalue weighted by Crippen LogP contribution is 2.24. The smallest absolute Gasteiger partial charge is 0.379 e. The van der Waals surface area contributed by atoms with Crippen molar-refractivity contribution in [3.8, 4) is 0 Å². The first-order valence-corrected chi connectivity index (χ1v) is 8.84. The van der Waals surface area contributed by atoms with Crippen LogP contribution in [0.2, 0.25) is 0 Å². The fourth-order valence-electron chi connectivity index (χ4n) is 2.31. The molecule has 3 nitrogen and oxygen atoms in total. The first-order chi connectivity index (χ1) is 11.0. The summed E-state index contributed by atoms with van der Waals surface area (Å²) in [4.78, 5) is 11.1. The van der Waals surface area contributed by atoms with Crippen LogP contribution >= 0.6 is 0 Å². The van der Waals surface area contributed by atoms with Crippen LogP contribution in [-0.2, 0) is 9.53 Å². The van der Waals surface area contributed by atoms with Crippen molar-refractivity contribution in [2.75, 3.05) is 6.61 Å². The molecule has 0 saturated carbocycles. The summed E-state index contributed by atoms with van der Waals surface area (Å²) in [5.41, 5.74) is 0. The third kappa shape index (κ3) is 10.4. The molecule has 1 atom stereocenters. The normalized spacial score (nSPS) is 13.4. The quantitative estimate of drug-likeness (QED) is 0.275. The van der Waals surface area contributed by atoms with Crippen molar-refractivity contribution in [1.29, 1.82) is 0 Å². The predicted octanol–water partition coefficient (Wildman–Crippen LogP) is 5.02. The van der Waals surface area contributed by atoms with Crippen LogP contribution in [-0.4, -0.2) is 29.7 Å². The molecule has 0 aromatic carbocycles. The van der Waals surface area contributed by atoms with Crippen LogP contribution in [0, 0.1) is 0 Å². The summed E-state index contributed by atoms with van der Waals surface area (Å²) in [6.45, 7) is 3.46. The number of unbranched alkanes of at least 4 members (excludes halogenated alkanes) is 7. The summed E-state index contributed by atoms with van der Waals surface area (Å²) in [5, 5.41) is 9.46. The van der Waals surface area contributed by atoms with Gasteiger partial charge in [-0.15, -0.1) is 0 Å². The molecule has 23 heavy (non-hydrogen) atoms. The van der Waals surface area contributed by atoms with E-state index in [0.29, 0.717) is 6.42 Å². The lowest BCUT2D eigenvalue weighted by atomic mass is 10.0. The molecular formula is C18H32F2O3. The van der Waals surface area contributed by atoms with Crippen molar-refractivity contribution in [2.24, 2.45) is 0 Å². The molecule has 1 unspecified atom stereocenters. The van der Waals surface area contributed by atoms with Gasteiger partial charge in [-0.05, 0) is 32.6 Å². The van der Waals surface area contributed by atoms with E-state index >= 15 is 0 Å². The molecule has 0 fully saturated rings. The highest BCUT2D eigenvalue weighted by atomic mass is 19.3. The average molecular weight is 334 g/mol. The lowest BCUT2D eigenvalue weighted by Crippen LogP contribution is -2.42. The van der Waals surface area contributed by atoms with Crippen molar-refractivity contribution in [1.82, 2.24) is 0 Å². The third-order valence-electron chi connectivity index (χ3n) is 3.72. The van der Waals surface area contributed by atoms with Gasteiger partial charge in [-0.3, -0.25) is 0 Å². The molecule has 0 heterocycles. The van der Waals surface area contributed by atoms with Gasteiger partial charge in [0.1, 0.15) is 6.10 Å². The van der Waals surface area contributed by atoms with Crippen molar-refractivity contribution in [2.45, 2.75) is 90.1 Å². The summed E-state index contributed by atoms with van der Waals surface area (Å²) in [6.07, 6.45) is 11.5. The van der Waals surface area contributed by atoms with Crippen molar-refractivity contribution in [3.05, 3.63) is 12.2 Å². The van der Waals surface area contributed by atoms with E-state index in [-0.39, 0.29) is 13.0 Å². The number of hydrogen-bond acceptors (Lipinski definition) is 3. The van der Waals surface area contributed by atoms with E-state index in [1.807, 2.05) is 0 Å². The number of hydrogen-bond donors (Lipinski definition) is 1. The molecule has 5 heteroatoms. The second kappa shape index (κ2) is 13.5. The Balaban J connectivity index is 3.60. The number of aliphatic hydroxyl groups is 1. The number of ether oxygens (including phenoxy) is 1.